The summed E-state index contributed by atoms with van der Waals surface area (Å²) in [5.74, 6) is 7.07. The maximum atomic E-state index is 12.5. The van der Waals surface area contributed by atoms with Crippen molar-refractivity contribution < 1.29 is 4.21 Å². The Bertz CT molecular complexity index is 1150. The lowest BCUT2D eigenvalue weighted by Gasteiger charge is -2.32. The zero-order valence-electron chi connectivity index (χ0n) is 15.0. The molecule has 0 spiro atoms. The first-order chi connectivity index (χ1) is 12.4. The van der Waals surface area contributed by atoms with E-state index in [0.717, 1.165) is 11.1 Å². The van der Waals surface area contributed by atoms with Crippen LogP contribution < -0.4 is 5.73 Å². The van der Waals surface area contributed by atoms with Crippen LogP contribution in [0.4, 0.5) is 0 Å². The van der Waals surface area contributed by atoms with Gasteiger partial charge in [0.1, 0.15) is 5.84 Å². The van der Waals surface area contributed by atoms with Crippen molar-refractivity contribution in [2.24, 2.45) is 10.7 Å². The molecule has 2 N–H and O–H groups in total. The van der Waals surface area contributed by atoms with Gasteiger partial charge in [0.05, 0.1) is 16.5 Å². The first kappa shape index (κ1) is 17.3. The highest BCUT2D eigenvalue weighted by molar-refractivity contribution is 7.86. The van der Waals surface area contributed by atoms with Crippen LogP contribution in [0.2, 0.25) is 0 Å². The Kier molecular flexibility index (Phi) is 4.13. The lowest BCUT2D eigenvalue weighted by atomic mass is 9.93. The average Bonchev–Trinajstić information content (AvgIpc) is 2.97. The highest BCUT2D eigenvalue weighted by atomic mass is 32.2. The van der Waals surface area contributed by atoms with E-state index in [-0.39, 0.29) is 5.25 Å². The molecule has 0 saturated carbocycles. The Morgan fingerprint density at radius 2 is 1.92 bits per heavy atom. The van der Waals surface area contributed by atoms with Crippen LogP contribution in [-0.2, 0) is 16.3 Å². The van der Waals surface area contributed by atoms with Crippen LogP contribution in [0.5, 0.6) is 0 Å². The summed E-state index contributed by atoms with van der Waals surface area (Å²) in [5.41, 5.74) is 7.59. The lowest BCUT2D eigenvalue weighted by molar-refractivity contribution is 0.547. The Morgan fingerprint density at radius 3 is 2.62 bits per heavy atom. The Labute approximate surface area is 159 Å². The third-order valence-corrected chi connectivity index (χ3v) is 8.00. The smallest absolute Gasteiger partial charge is 0.110 e. The number of nitrogens with two attached hydrogens (primary N) is 1. The second-order valence-electron chi connectivity index (χ2n) is 6.88. The van der Waals surface area contributed by atoms with Gasteiger partial charge in [-0.25, -0.2) is 0 Å². The standard InChI is InChI=1S/C21H20N2OS2/c1-4-5-14-6-8-18-16(10-14)17-11-15(7-9-19(17)25-18)21(3)12-26(24)13(2)20(22)23-21/h6-11,13H,12H2,1-3H3,(H2,22,23)/t13-,21+,26?/m1/s1. The van der Waals surface area contributed by atoms with Crippen LogP contribution in [0.15, 0.2) is 41.4 Å². The van der Waals surface area contributed by atoms with Crippen molar-refractivity contribution >= 4 is 48.1 Å². The summed E-state index contributed by atoms with van der Waals surface area (Å²) in [5, 5.41) is 2.23. The van der Waals surface area contributed by atoms with Crippen molar-refractivity contribution in [3.05, 3.63) is 47.5 Å². The van der Waals surface area contributed by atoms with E-state index in [9.17, 15) is 4.21 Å². The summed E-state index contributed by atoms with van der Waals surface area (Å²) in [6.07, 6.45) is 0. The molecule has 0 saturated heterocycles. The van der Waals surface area contributed by atoms with Crippen molar-refractivity contribution in [3.8, 4) is 11.8 Å². The van der Waals surface area contributed by atoms with Crippen molar-refractivity contribution in [1.29, 1.82) is 0 Å². The summed E-state index contributed by atoms with van der Waals surface area (Å²) in [7, 11) is -1.01. The SMILES string of the molecule is CC#Cc1ccc2sc3ccc([C@]4(C)CS(=O)[C@H](C)C(N)=N4)cc3c2c1. The van der Waals surface area contributed by atoms with E-state index < -0.39 is 16.3 Å². The molecule has 5 heteroatoms. The summed E-state index contributed by atoms with van der Waals surface area (Å²) in [6, 6.07) is 12.8. The second-order valence-corrected chi connectivity index (χ2v) is 9.72. The fraction of sp³-hybridized carbons (Fsp3) is 0.286. The van der Waals surface area contributed by atoms with Crippen molar-refractivity contribution in [1.82, 2.24) is 0 Å². The van der Waals surface area contributed by atoms with Crippen LogP contribution in [0.3, 0.4) is 0 Å². The summed E-state index contributed by atoms with van der Waals surface area (Å²) in [4.78, 5) is 4.72. The minimum atomic E-state index is -1.01. The van der Waals surface area contributed by atoms with Gasteiger partial charge in [0.25, 0.3) is 0 Å². The van der Waals surface area contributed by atoms with Crippen LogP contribution in [0, 0.1) is 11.8 Å². The molecular formula is C21H20N2OS2. The molecule has 2 aromatic carbocycles. The normalized spacial score (nSPS) is 25.7. The number of rotatable bonds is 1. The third-order valence-electron chi connectivity index (χ3n) is 4.97. The quantitative estimate of drug-likeness (QED) is 0.645. The molecule has 1 aliphatic rings. The molecule has 3 nitrogen and oxygen atoms in total. The number of hydrogen-bond donors (Lipinski definition) is 1. The predicted molar refractivity (Wildman–Crippen MR) is 113 cm³/mol. The van der Waals surface area contributed by atoms with Gasteiger partial charge in [0.2, 0.25) is 0 Å². The number of thiophene rings is 1. The minimum Gasteiger partial charge on any atom is -0.386 e. The molecule has 0 bridgehead atoms. The average molecular weight is 381 g/mol. The van der Waals surface area contributed by atoms with E-state index in [1.807, 2.05) is 20.8 Å². The predicted octanol–water partition coefficient (Wildman–Crippen LogP) is 4.15. The third kappa shape index (κ3) is 2.74. The highest BCUT2D eigenvalue weighted by Crippen LogP contribution is 2.38. The van der Waals surface area contributed by atoms with Gasteiger partial charge in [-0.05, 0) is 56.7 Å². The molecule has 1 unspecified atom stereocenters. The minimum absolute atomic E-state index is 0.177. The van der Waals surface area contributed by atoms with E-state index >= 15 is 0 Å². The Hall–Kier alpha value is -2.16. The topological polar surface area (TPSA) is 55.5 Å². The summed E-state index contributed by atoms with van der Waals surface area (Å²) >= 11 is 1.78. The van der Waals surface area contributed by atoms with E-state index in [2.05, 4.69) is 48.2 Å². The van der Waals surface area contributed by atoms with Gasteiger partial charge in [0.15, 0.2) is 0 Å². The molecule has 0 aliphatic carbocycles. The van der Waals surface area contributed by atoms with Crippen LogP contribution in [0.25, 0.3) is 20.2 Å². The summed E-state index contributed by atoms with van der Waals surface area (Å²) < 4.78 is 14.9. The number of hydrogen-bond acceptors (Lipinski definition) is 4. The monoisotopic (exact) mass is 380 g/mol. The van der Waals surface area contributed by atoms with Gasteiger partial charge in [-0.1, -0.05) is 12.0 Å². The molecule has 3 aromatic rings. The first-order valence-corrected chi connectivity index (χ1v) is 10.7. The highest BCUT2D eigenvalue weighted by Gasteiger charge is 2.36. The molecule has 2 heterocycles. The van der Waals surface area contributed by atoms with E-state index in [1.165, 1.54) is 20.2 Å². The largest absolute Gasteiger partial charge is 0.386 e. The molecule has 1 aromatic heterocycles. The van der Waals surface area contributed by atoms with E-state index in [0.29, 0.717) is 11.6 Å². The van der Waals surface area contributed by atoms with Gasteiger partial charge in [0, 0.05) is 36.5 Å². The maximum absolute atomic E-state index is 12.5. The maximum Gasteiger partial charge on any atom is 0.110 e. The first-order valence-electron chi connectivity index (χ1n) is 8.53. The van der Waals surface area contributed by atoms with E-state index in [4.69, 9.17) is 10.7 Å². The fourth-order valence-corrected chi connectivity index (χ4v) is 5.85. The van der Waals surface area contributed by atoms with Gasteiger partial charge in [-0.15, -0.1) is 17.3 Å². The molecule has 3 atom stereocenters. The molecular weight excluding hydrogens is 360 g/mol. The van der Waals surface area contributed by atoms with Gasteiger partial charge >= 0.3 is 0 Å². The molecule has 4 rings (SSSR count). The van der Waals surface area contributed by atoms with Crippen molar-refractivity contribution in [2.75, 3.05) is 5.75 Å². The van der Waals surface area contributed by atoms with Crippen LogP contribution in [-0.4, -0.2) is 21.0 Å². The Morgan fingerprint density at radius 1 is 1.23 bits per heavy atom. The molecule has 0 radical (unpaired) electrons. The van der Waals surface area contributed by atoms with Gasteiger partial charge < -0.3 is 5.73 Å². The number of nitrogens with zero attached hydrogens (tertiary/aromatic N) is 1. The van der Waals surface area contributed by atoms with Crippen LogP contribution >= 0.6 is 11.3 Å². The summed E-state index contributed by atoms with van der Waals surface area (Å²) in [6.45, 7) is 5.75. The molecule has 1 aliphatic heterocycles. The zero-order chi connectivity index (χ0) is 18.5. The van der Waals surface area contributed by atoms with Crippen LogP contribution in [0.1, 0.15) is 31.9 Å². The zero-order valence-corrected chi connectivity index (χ0v) is 16.6. The molecule has 26 heavy (non-hydrogen) atoms. The second kappa shape index (κ2) is 6.22. The fourth-order valence-electron chi connectivity index (χ4n) is 3.43. The van der Waals surface area contributed by atoms with Gasteiger partial charge in [-0.2, -0.15) is 0 Å². The number of fused-ring (bicyclic) bond motifs is 3. The molecule has 132 valence electrons. The number of aliphatic imine (C=N–C) groups is 1. The number of amidine groups is 1. The molecule has 0 fully saturated rings. The van der Waals surface area contributed by atoms with Crippen molar-refractivity contribution in [2.45, 2.75) is 31.6 Å². The van der Waals surface area contributed by atoms with Gasteiger partial charge in [-0.3, -0.25) is 9.20 Å². The lowest BCUT2D eigenvalue weighted by Crippen LogP contribution is -2.44. The van der Waals surface area contributed by atoms with Crippen molar-refractivity contribution in [3.63, 3.8) is 0 Å². The number of benzene rings is 2. The Balaban J connectivity index is 1.91. The van der Waals surface area contributed by atoms with E-state index in [1.54, 1.807) is 11.3 Å². The molecule has 0 amide bonds.